The van der Waals surface area contributed by atoms with Crippen LogP contribution in [0.3, 0.4) is 0 Å². The number of rotatable bonds is 3. The van der Waals surface area contributed by atoms with E-state index in [0.29, 0.717) is 0 Å². The second kappa shape index (κ2) is 6.36. The van der Waals surface area contributed by atoms with Gasteiger partial charge in [-0.15, -0.1) is 0 Å². The normalized spacial score (nSPS) is 35.5. The van der Waals surface area contributed by atoms with Gasteiger partial charge in [-0.05, 0) is 38.5 Å². The van der Waals surface area contributed by atoms with Crippen molar-refractivity contribution < 1.29 is 9.47 Å². The highest BCUT2D eigenvalue weighted by Gasteiger charge is 2.55. The van der Waals surface area contributed by atoms with E-state index in [1.54, 1.807) is 0 Å². The maximum Gasteiger partial charge on any atom is 0.108 e. The molecule has 0 aliphatic carbocycles. The average Bonchev–Trinajstić information content (AvgIpc) is 2.56. The van der Waals surface area contributed by atoms with Gasteiger partial charge in [0.1, 0.15) is 8.80 Å². The van der Waals surface area contributed by atoms with E-state index in [9.17, 15) is 0 Å². The van der Waals surface area contributed by atoms with Gasteiger partial charge in [0.2, 0.25) is 0 Å². The van der Waals surface area contributed by atoms with Crippen molar-refractivity contribution >= 4 is 24.2 Å². The minimum atomic E-state index is -1.23. The molecule has 3 rings (SSSR count). The fourth-order valence-electron chi connectivity index (χ4n) is 4.31. The van der Waals surface area contributed by atoms with E-state index in [4.69, 9.17) is 9.47 Å². The third kappa shape index (κ3) is 2.79. The SMILES string of the molecule is C[SiH](c1ccccc1)C1(C2([SiH3])CCCCO2)CCCCO1. The van der Waals surface area contributed by atoms with Crippen LogP contribution in [-0.2, 0) is 9.47 Å². The van der Waals surface area contributed by atoms with Crippen LogP contribution in [0.4, 0.5) is 0 Å². The lowest BCUT2D eigenvalue weighted by Gasteiger charge is -2.54. The Kier molecular flexibility index (Phi) is 4.69. The summed E-state index contributed by atoms with van der Waals surface area (Å²) in [5, 5.41) is 1.61. The second-order valence-corrected chi connectivity index (χ2v) is 11.5. The smallest absolute Gasteiger partial charge is 0.108 e. The molecule has 0 spiro atoms. The maximum atomic E-state index is 6.60. The predicted octanol–water partition coefficient (Wildman–Crippen LogP) is 1.49. The molecule has 2 nitrogen and oxygen atoms in total. The van der Waals surface area contributed by atoms with Crippen LogP contribution in [-0.4, -0.2) is 42.7 Å². The minimum absolute atomic E-state index is 0.0270. The molecule has 0 amide bonds. The van der Waals surface area contributed by atoms with E-state index in [2.05, 4.69) is 36.9 Å². The van der Waals surface area contributed by atoms with Crippen molar-refractivity contribution in [1.29, 1.82) is 0 Å². The first-order chi connectivity index (χ1) is 10.2. The van der Waals surface area contributed by atoms with E-state index in [1.165, 1.54) is 43.7 Å². The fourth-order valence-corrected chi connectivity index (χ4v) is 10.0. The summed E-state index contributed by atoms with van der Waals surface area (Å²) < 4.78 is 13.0. The Balaban J connectivity index is 1.96. The number of hydrogen-bond donors (Lipinski definition) is 0. The molecule has 3 atom stereocenters. The van der Waals surface area contributed by atoms with Gasteiger partial charge < -0.3 is 9.47 Å². The second-order valence-electron chi connectivity index (χ2n) is 6.86. The van der Waals surface area contributed by atoms with Crippen molar-refractivity contribution in [2.45, 2.75) is 55.5 Å². The lowest BCUT2D eigenvalue weighted by atomic mass is 9.96. The van der Waals surface area contributed by atoms with Crippen LogP contribution in [0, 0.1) is 0 Å². The van der Waals surface area contributed by atoms with E-state index in [0.717, 1.165) is 23.5 Å². The highest BCUT2D eigenvalue weighted by molar-refractivity contribution is 6.75. The molecular weight excluding hydrogens is 292 g/mol. The van der Waals surface area contributed by atoms with E-state index >= 15 is 0 Å². The van der Waals surface area contributed by atoms with Gasteiger partial charge in [-0.25, -0.2) is 0 Å². The number of benzene rings is 1. The summed E-state index contributed by atoms with van der Waals surface area (Å²) in [4.78, 5) is 0. The van der Waals surface area contributed by atoms with Gasteiger partial charge in [0.15, 0.2) is 0 Å². The van der Waals surface area contributed by atoms with Crippen molar-refractivity contribution in [2.75, 3.05) is 13.2 Å². The Labute approximate surface area is 133 Å². The minimum Gasteiger partial charge on any atom is -0.377 e. The summed E-state index contributed by atoms with van der Waals surface area (Å²) in [6, 6.07) is 11.1. The van der Waals surface area contributed by atoms with Crippen LogP contribution in [0.2, 0.25) is 6.55 Å². The van der Waals surface area contributed by atoms with Crippen molar-refractivity contribution in [1.82, 2.24) is 0 Å². The number of hydrogen-bond acceptors (Lipinski definition) is 2. The Morgan fingerprint density at radius 3 is 2.19 bits per heavy atom. The Morgan fingerprint density at radius 2 is 1.62 bits per heavy atom. The number of ether oxygens (including phenoxy) is 2. The lowest BCUT2D eigenvalue weighted by molar-refractivity contribution is -0.160. The molecular formula is C17H28O2Si2. The van der Waals surface area contributed by atoms with Crippen LogP contribution in [0.15, 0.2) is 30.3 Å². The lowest BCUT2D eigenvalue weighted by Crippen LogP contribution is -2.70. The molecule has 2 heterocycles. The molecule has 2 aliphatic heterocycles. The summed E-state index contributed by atoms with van der Waals surface area (Å²) in [7, 11) is -0.149. The predicted molar refractivity (Wildman–Crippen MR) is 94.1 cm³/mol. The Bertz CT molecular complexity index is 451. The van der Waals surface area contributed by atoms with Crippen molar-refractivity contribution in [3.63, 3.8) is 0 Å². The molecule has 0 radical (unpaired) electrons. The maximum absolute atomic E-state index is 6.60. The average molecular weight is 321 g/mol. The highest BCUT2D eigenvalue weighted by atomic mass is 28.3. The molecule has 1 aromatic carbocycles. The van der Waals surface area contributed by atoms with Gasteiger partial charge in [0, 0.05) is 23.5 Å². The molecule has 0 bridgehead atoms. The van der Waals surface area contributed by atoms with E-state index < -0.39 is 8.80 Å². The topological polar surface area (TPSA) is 18.5 Å². The van der Waals surface area contributed by atoms with Gasteiger partial charge in [-0.1, -0.05) is 42.1 Å². The van der Waals surface area contributed by atoms with Crippen molar-refractivity contribution in [3.05, 3.63) is 30.3 Å². The Hall–Kier alpha value is -0.426. The fraction of sp³-hybridized carbons (Fsp3) is 0.647. The molecule has 116 valence electrons. The molecule has 2 fully saturated rings. The van der Waals surface area contributed by atoms with Gasteiger partial charge in [0.05, 0.1) is 10.4 Å². The zero-order valence-corrected chi connectivity index (χ0v) is 16.6. The highest BCUT2D eigenvalue weighted by Crippen LogP contribution is 2.42. The third-order valence-electron chi connectivity index (χ3n) is 5.67. The quantitative estimate of drug-likeness (QED) is 0.786. The molecule has 3 unspecified atom stereocenters. The van der Waals surface area contributed by atoms with Crippen LogP contribution in [0.25, 0.3) is 0 Å². The summed E-state index contributed by atoms with van der Waals surface area (Å²) in [5.74, 6) is 0. The molecule has 4 heteroatoms. The van der Waals surface area contributed by atoms with Gasteiger partial charge in [-0.2, -0.15) is 0 Å². The first kappa shape index (κ1) is 15.5. The van der Waals surface area contributed by atoms with Gasteiger partial charge >= 0.3 is 0 Å². The monoisotopic (exact) mass is 320 g/mol. The molecule has 0 aromatic heterocycles. The van der Waals surface area contributed by atoms with Crippen LogP contribution in [0.1, 0.15) is 38.5 Å². The zero-order chi connectivity index (χ0) is 14.8. The van der Waals surface area contributed by atoms with Crippen LogP contribution >= 0.6 is 0 Å². The van der Waals surface area contributed by atoms with Crippen LogP contribution < -0.4 is 5.19 Å². The standard InChI is InChI=1S/C17H28O2Si2/c1-21(15-9-3-2-4-10-15)17(12-6-8-14-19-17)16(20)11-5-7-13-18-16/h2-4,9-10,21H,5-8,11-14H2,1,20H3. The summed E-state index contributed by atoms with van der Waals surface area (Å²) >= 11 is 0. The summed E-state index contributed by atoms with van der Waals surface area (Å²) in [5.41, 5.74) is 0. The van der Waals surface area contributed by atoms with E-state index in [1.807, 2.05) is 0 Å². The summed E-state index contributed by atoms with van der Waals surface area (Å²) in [6.07, 6.45) is 7.47. The molecule has 21 heavy (non-hydrogen) atoms. The van der Waals surface area contributed by atoms with Gasteiger partial charge in [0.25, 0.3) is 0 Å². The molecule has 0 saturated carbocycles. The molecule has 1 aromatic rings. The van der Waals surface area contributed by atoms with Crippen molar-refractivity contribution in [3.8, 4) is 0 Å². The van der Waals surface area contributed by atoms with Gasteiger partial charge in [-0.3, -0.25) is 0 Å². The molecule has 2 saturated heterocycles. The molecule has 2 aliphatic rings. The van der Waals surface area contributed by atoms with Crippen molar-refractivity contribution in [2.24, 2.45) is 0 Å². The summed E-state index contributed by atoms with van der Waals surface area (Å²) in [6.45, 7) is 4.35. The molecule has 0 N–H and O–H groups in total. The Morgan fingerprint density at radius 1 is 0.952 bits per heavy atom. The zero-order valence-electron chi connectivity index (χ0n) is 13.4. The third-order valence-corrected chi connectivity index (χ3v) is 11.7. The largest absolute Gasteiger partial charge is 0.377 e. The van der Waals surface area contributed by atoms with E-state index in [-0.39, 0.29) is 10.4 Å². The first-order valence-electron chi connectivity index (χ1n) is 8.51. The van der Waals surface area contributed by atoms with Crippen LogP contribution in [0.5, 0.6) is 0 Å². The first-order valence-corrected chi connectivity index (χ1v) is 11.8.